The summed E-state index contributed by atoms with van der Waals surface area (Å²) >= 11 is 0. The molecule has 0 saturated carbocycles. The lowest BCUT2D eigenvalue weighted by atomic mass is 10.0. The number of nitrogens with two attached hydrogens (primary N) is 1. The highest BCUT2D eigenvalue weighted by Crippen LogP contribution is 2.31. The second-order valence-electron chi connectivity index (χ2n) is 6.91. The molecule has 0 spiro atoms. The number of nitrogens with zero attached hydrogens (tertiary/aromatic N) is 1. The summed E-state index contributed by atoms with van der Waals surface area (Å²) in [6.45, 7) is 4.53. The van der Waals surface area contributed by atoms with Crippen LogP contribution in [0.1, 0.15) is 23.6 Å². The summed E-state index contributed by atoms with van der Waals surface area (Å²) in [4.78, 5) is 14.7. The lowest BCUT2D eigenvalue weighted by molar-refractivity contribution is -0.122. The second-order valence-corrected chi connectivity index (χ2v) is 6.91. The standard InChI is InChI=1S/C21H27N3O2.2ClH/c1-15-7-9-17(10-8-15)20(22)21(25)23-13-16-11-12-24(14-16)18-5-3-4-6-19(18)26-2;;/h3-10,16,20H,11-14,22H2,1-2H3,(H,23,25);2*1H. The van der Waals surface area contributed by atoms with Crippen molar-refractivity contribution >= 4 is 36.4 Å². The van der Waals surface area contributed by atoms with E-state index in [2.05, 4.69) is 16.3 Å². The van der Waals surface area contributed by atoms with E-state index in [1.54, 1.807) is 7.11 Å². The molecule has 3 N–H and O–H groups in total. The van der Waals surface area contributed by atoms with Crippen LogP contribution in [0.3, 0.4) is 0 Å². The van der Waals surface area contributed by atoms with Crippen LogP contribution in [0.5, 0.6) is 5.75 Å². The maximum Gasteiger partial charge on any atom is 0.241 e. The molecular weight excluding hydrogens is 397 g/mol. The summed E-state index contributed by atoms with van der Waals surface area (Å²) in [7, 11) is 1.69. The van der Waals surface area contributed by atoms with Crippen LogP contribution in [0, 0.1) is 12.8 Å². The first-order valence-corrected chi connectivity index (χ1v) is 9.06. The molecule has 1 heterocycles. The van der Waals surface area contributed by atoms with Crippen LogP contribution in [-0.2, 0) is 4.79 Å². The largest absolute Gasteiger partial charge is 0.495 e. The number of carbonyl (C=O) groups excluding carboxylic acids is 1. The van der Waals surface area contributed by atoms with Gasteiger partial charge in [-0.3, -0.25) is 4.79 Å². The first-order chi connectivity index (χ1) is 12.6. The number of methoxy groups -OCH3 is 1. The normalized spacial score (nSPS) is 16.5. The number of aryl methyl sites for hydroxylation is 1. The SMILES string of the molecule is COc1ccccc1N1CCC(CNC(=O)C(N)c2ccc(C)cc2)C1.Cl.Cl. The molecule has 2 aromatic carbocycles. The number of nitrogens with one attached hydrogen (secondary N) is 1. The van der Waals surface area contributed by atoms with Crippen molar-refractivity contribution in [2.75, 3.05) is 31.6 Å². The van der Waals surface area contributed by atoms with Gasteiger partial charge in [0.05, 0.1) is 12.8 Å². The molecule has 2 aromatic rings. The Bertz CT molecular complexity index is 756. The Morgan fingerprint density at radius 2 is 1.89 bits per heavy atom. The summed E-state index contributed by atoms with van der Waals surface area (Å²) < 4.78 is 5.45. The van der Waals surface area contributed by atoms with Gasteiger partial charge in [-0.25, -0.2) is 0 Å². The van der Waals surface area contributed by atoms with Gasteiger partial charge in [0.15, 0.2) is 0 Å². The van der Waals surface area contributed by atoms with Crippen molar-refractivity contribution in [3.05, 3.63) is 59.7 Å². The van der Waals surface area contributed by atoms with Crippen LogP contribution < -0.4 is 20.7 Å². The van der Waals surface area contributed by atoms with Gasteiger partial charge in [0.1, 0.15) is 11.8 Å². The predicted molar refractivity (Wildman–Crippen MR) is 119 cm³/mol. The molecule has 3 rings (SSSR count). The van der Waals surface area contributed by atoms with Gasteiger partial charge in [-0.2, -0.15) is 0 Å². The van der Waals surface area contributed by atoms with Gasteiger partial charge in [0, 0.05) is 19.6 Å². The zero-order valence-electron chi connectivity index (χ0n) is 16.3. The molecule has 1 saturated heterocycles. The van der Waals surface area contributed by atoms with Gasteiger partial charge in [0.2, 0.25) is 5.91 Å². The Morgan fingerprint density at radius 3 is 2.57 bits per heavy atom. The molecule has 1 amide bonds. The highest BCUT2D eigenvalue weighted by atomic mass is 35.5. The summed E-state index contributed by atoms with van der Waals surface area (Å²) in [5.74, 6) is 1.18. The number of rotatable bonds is 6. The van der Waals surface area contributed by atoms with Crippen LogP contribution in [0.2, 0.25) is 0 Å². The molecule has 2 unspecified atom stereocenters. The van der Waals surface area contributed by atoms with E-state index in [4.69, 9.17) is 10.5 Å². The molecule has 2 atom stereocenters. The fourth-order valence-corrected chi connectivity index (χ4v) is 3.39. The second kappa shape index (κ2) is 11.1. The van der Waals surface area contributed by atoms with Crippen LogP contribution in [0.25, 0.3) is 0 Å². The van der Waals surface area contributed by atoms with E-state index in [9.17, 15) is 4.79 Å². The highest BCUT2D eigenvalue weighted by Gasteiger charge is 2.25. The third-order valence-corrected chi connectivity index (χ3v) is 5.00. The molecule has 0 aliphatic carbocycles. The average Bonchev–Trinajstić information content (AvgIpc) is 3.15. The first kappa shape index (κ1) is 24.1. The Morgan fingerprint density at radius 1 is 1.21 bits per heavy atom. The van der Waals surface area contributed by atoms with Gasteiger partial charge in [-0.1, -0.05) is 42.0 Å². The van der Waals surface area contributed by atoms with Crippen molar-refractivity contribution in [3.63, 3.8) is 0 Å². The number of hydrogen-bond acceptors (Lipinski definition) is 4. The summed E-state index contributed by atoms with van der Waals surface area (Å²) in [5.41, 5.74) is 9.20. The van der Waals surface area contributed by atoms with Crippen molar-refractivity contribution in [1.29, 1.82) is 0 Å². The molecule has 0 radical (unpaired) electrons. The molecule has 28 heavy (non-hydrogen) atoms. The van der Waals surface area contributed by atoms with Crippen LogP contribution >= 0.6 is 24.8 Å². The number of anilines is 1. The molecule has 0 aromatic heterocycles. The van der Waals surface area contributed by atoms with E-state index in [1.165, 1.54) is 0 Å². The fraction of sp³-hybridized carbons (Fsp3) is 0.381. The number of para-hydroxylation sites is 2. The van der Waals surface area contributed by atoms with Crippen molar-refractivity contribution in [2.45, 2.75) is 19.4 Å². The maximum absolute atomic E-state index is 12.4. The Balaban J connectivity index is 0.00000196. The van der Waals surface area contributed by atoms with E-state index < -0.39 is 6.04 Å². The van der Waals surface area contributed by atoms with Crippen molar-refractivity contribution < 1.29 is 9.53 Å². The third kappa shape index (κ3) is 5.77. The minimum Gasteiger partial charge on any atom is -0.495 e. The summed E-state index contributed by atoms with van der Waals surface area (Å²) in [5, 5.41) is 3.02. The molecule has 1 aliphatic heterocycles. The molecular formula is C21H29Cl2N3O2. The first-order valence-electron chi connectivity index (χ1n) is 9.06. The number of amides is 1. The lowest BCUT2D eigenvalue weighted by Gasteiger charge is -2.21. The maximum atomic E-state index is 12.4. The highest BCUT2D eigenvalue weighted by molar-refractivity contribution is 5.85. The van der Waals surface area contributed by atoms with Crippen molar-refractivity contribution in [2.24, 2.45) is 11.7 Å². The quantitative estimate of drug-likeness (QED) is 0.742. The van der Waals surface area contributed by atoms with E-state index in [-0.39, 0.29) is 30.7 Å². The molecule has 1 fully saturated rings. The van der Waals surface area contributed by atoms with E-state index in [0.29, 0.717) is 12.5 Å². The van der Waals surface area contributed by atoms with Crippen molar-refractivity contribution in [1.82, 2.24) is 5.32 Å². The number of benzene rings is 2. The smallest absolute Gasteiger partial charge is 0.241 e. The topological polar surface area (TPSA) is 67.6 Å². The van der Waals surface area contributed by atoms with E-state index >= 15 is 0 Å². The van der Waals surface area contributed by atoms with Crippen LogP contribution in [0.4, 0.5) is 5.69 Å². The predicted octanol–water partition coefficient (Wildman–Crippen LogP) is 3.49. The molecule has 5 nitrogen and oxygen atoms in total. The van der Waals surface area contributed by atoms with Crippen LogP contribution in [0.15, 0.2) is 48.5 Å². The number of hydrogen-bond donors (Lipinski definition) is 2. The fourth-order valence-electron chi connectivity index (χ4n) is 3.39. The lowest BCUT2D eigenvalue weighted by Crippen LogP contribution is -2.37. The zero-order chi connectivity index (χ0) is 18.5. The average molecular weight is 426 g/mol. The Labute approximate surface area is 179 Å². The minimum absolute atomic E-state index is 0. The van der Waals surface area contributed by atoms with Gasteiger partial charge >= 0.3 is 0 Å². The molecule has 1 aliphatic rings. The van der Waals surface area contributed by atoms with Gasteiger partial charge in [-0.15, -0.1) is 24.8 Å². The van der Waals surface area contributed by atoms with Gasteiger partial charge in [-0.05, 0) is 37.0 Å². The Hall–Kier alpha value is -1.95. The number of halogens is 2. The molecule has 0 bridgehead atoms. The summed E-state index contributed by atoms with van der Waals surface area (Å²) in [6.07, 6.45) is 1.04. The van der Waals surface area contributed by atoms with E-state index in [1.807, 2.05) is 49.4 Å². The Kier molecular flexibility index (Phi) is 9.59. The number of ether oxygens (including phenoxy) is 1. The van der Waals surface area contributed by atoms with Crippen LogP contribution in [-0.4, -0.2) is 32.7 Å². The zero-order valence-corrected chi connectivity index (χ0v) is 17.9. The minimum atomic E-state index is -0.623. The number of carbonyl (C=O) groups is 1. The molecule has 154 valence electrons. The van der Waals surface area contributed by atoms with E-state index in [0.717, 1.165) is 42.1 Å². The van der Waals surface area contributed by atoms with Gasteiger partial charge < -0.3 is 20.7 Å². The van der Waals surface area contributed by atoms with Gasteiger partial charge in [0.25, 0.3) is 0 Å². The molecule has 7 heteroatoms. The van der Waals surface area contributed by atoms with Crippen molar-refractivity contribution in [3.8, 4) is 5.75 Å². The summed E-state index contributed by atoms with van der Waals surface area (Å²) in [6, 6.07) is 15.2. The monoisotopic (exact) mass is 425 g/mol. The third-order valence-electron chi connectivity index (χ3n) is 5.00.